The van der Waals surface area contributed by atoms with Crippen LogP contribution in [0.4, 0.5) is 10.5 Å². The van der Waals surface area contributed by atoms with Gasteiger partial charge >= 0.3 is 6.03 Å². The van der Waals surface area contributed by atoms with E-state index in [2.05, 4.69) is 10.4 Å². The molecule has 0 radical (unpaired) electrons. The third-order valence-electron chi connectivity index (χ3n) is 5.88. The van der Waals surface area contributed by atoms with Crippen LogP contribution < -0.4 is 10.1 Å². The number of nitrogens with one attached hydrogen (secondary N) is 1. The van der Waals surface area contributed by atoms with Crippen LogP contribution in [-0.4, -0.2) is 46.7 Å². The van der Waals surface area contributed by atoms with Gasteiger partial charge < -0.3 is 15.0 Å². The van der Waals surface area contributed by atoms with Crippen molar-refractivity contribution in [1.82, 2.24) is 14.7 Å². The largest absolute Gasteiger partial charge is 0.497 e. The second-order valence-corrected chi connectivity index (χ2v) is 8.17. The first kappa shape index (κ1) is 21.6. The van der Waals surface area contributed by atoms with Crippen LogP contribution in [0.2, 0.25) is 0 Å². The molecule has 0 aliphatic carbocycles. The van der Waals surface area contributed by atoms with Crippen LogP contribution in [-0.2, 0) is 0 Å². The number of aromatic nitrogens is 2. The predicted molar refractivity (Wildman–Crippen MR) is 124 cm³/mol. The van der Waals surface area contributed by atoms with Gasteiger partial charge in [-0.25, -0.2) is 9.48 Å². The molecule has 2 heterocycles. The Bertz CT molecular complexity index is 1110. The summed E-state index contributed by atoms with van der Waals surface area (Å²) >= 11 is 0. The minimum absolute atomic E-state index is 0.0678. The van der Waals surface area contributed by atoms with Gasteiger partial charge in [-0.1, -0.05) is 6.07 Å². The second-order valence-electron chi connectivity index (χ2n) is 8.17. The van der Waals surface area contributed by atoms with E-state index in [4.69, 9.17) is 4.74 Å². The molecule has 1 saturated heterocycles. The van der Waals surface area contributed by atoms with Crippen LogP contribution in [0.15, 0.2) is 54.6 Å². The van der Waals surface area contributed by atoms with Crippen LogP contribution in [0.5, 0.6) is 5.75 Å². The molecule has 2 amide bonds. The quantitative estimate of drug-likeness (QED) is 0.597. The van der Waals surface area contributed by atoms with Crippen molar-refractivity contribution in [2.75, 3.05) is 25.5 Å². The number of likely N-dealkylation sites (tertiary alicyclic amines) is 1. The molecular formula is C25H28N4O3. The molecule has 1 N–H and O–H groups in total. The first-order chi connectivity index (χ1) is 15.4. The topological polar surface area (TPSA) is 76.5 Å². The van der Waals surface area contributed by atoms with E-state index < -0.39 is 0 Å². The van der Waals surface area contributed by atoms with Gasteiger partial charge in [-0.05, 0) is 75.2 Å². The van der Waals surface area contributed by atoms with Crippen molar-refractivity contribution in [1.29, 1.82) is 0 Å². The summed E-state index contributed by atoms with van der Waals surface area (Å²) < 4.78 is 7.02. The Labute approximate surface area is 188 Å². The highest BCUT2D eigenvalue weighted by Crippen LogP contribution is 2.24. The van der Waals surface area contributed by atoms with Crippen LogP contribution in [0.25, 0.3) is 5.69 Å². The van der Waals surface area contributed by atoms with Crippen LogP contribution in [0.3, 0.4) is 0 Å². The maximum Gasteiger partial charge on any atom is 0.321 e. The molecule has 2 aromatic carbocycles. The van der Waals surface area contributed by atoms with Crippen LogP contribution in [0, 0.1) is 19.8 Å². The number of ketones is 1. The number of carbonyl (C=O) groups excluding carboxylic acids is 2. The van der Waals surface area contributed by atoms with Gasteiger partial charge in [0.05, 0.1) is 18.5 Å². The molecule has 1 aliphatic heterocycles. The standard InChI is InChI=1S/C25H28N4O3/c1-17-15-18(2)29(27-17)22-6-4-5-21(16-22)26-25(31)28-13-11-20(12-14-28)24(30)19-7-9-23(32-3)10-8-19/h4-10,15-16,20H,11-14H2,1-3H3,(H,26,31). The Morgan fingerprint density at radius 2 is 1.75 bits per heavy atom. The van der Waals surface area contributed by atoms with E-state index >= 15 is 0 Å². The lowest BCUT2D eigenvalue weighted by atomic mass is 9.89. The molecule has 0 spiro atoms. The minimum atomic E-state index is -0.147. The van der Waals surface area contributed by atoms with Gasteiger partial charge in [-0.15, -0.1) is 0 Å². The number of hydrogen-bond donors (Lipinski definition) is 1. The van der Waals surface area contributed by atoms with E-state index in [1.807, 2.05) is 48.9 Å². The molecule has 0 unspecified atom stereocenters. The van der Waals surface area contributed by atoms with Crippen molar-refractivity contribution >= 4 is 17.5 Å². The lowest BCUT2D eigenvalue weighted by Gasteiger charge is -2.31. The number of anilines is 1. The molecule has 1 aromatic heterocycles. The number of piperidine rings is 1. The molecule has 0 saturated carbocycles. The molecule has 1 fully saturated rings. The van der Waals surface area contributed by atoms with Gasteiger partial charge in [-0.3, -0.25) is 4.79 Å². The molecule has 32 heavy (non-hydrogen) atoms. The van der Waals surface area contributed by atoms with Crippen molar-refractivity contribution in [3.8, 4) is 11.4 Å². The Morgan fingerprint density at radius 1 is 1.03 bits per heavy atom. The van der Waals surface area contributed by atoms with E-state index in [9.17, 15) is 9.59 Å². The zero-order valence-electron chi connectivity index (χ0n) is 18.7. The van der Waals surface area contributed by atoms with Gasteiger partial charge in [0.25, 0.3) is 0 Å². The average Bonchev–Trinajstić information content (AvgIpc) is 3.16. The highest BCUT2D eigenvalue weighted by molar-refractivity contribution is 5.98. The summed E-state index contributed by atoms with van der Waals surface area (Å²) in [7, 11) is 1.60. The van der Waals surface area contributed by atoms with Gasteiger partial charge in [0.1, 0.15) is 5.75 Å². The zero-order chi connectivity index (χ0) is 22.7. The van der Waals surface area contributed by atoms with Gasteiger partial charge in [-0.2, -0.15) is 5.10 Å². The number of methoxy groups -OCH3 is 1. The van der Waals surface area contributed by atoms with Crippen LogP contribution >= 0.6 is 0 Å². The fourth-order valence-corrected chi connectivity index (χ4v) is 4.14. The number of Topliss-reactive ketones (excluding diaryl/α,β-unsaturated/α-hetero) is 1. The van der Waals surface area contributed by atoms with Crippen molar-refractivity contribution in [3.63, 3.8) is 0 Å². The molecule has 166 valence electrons. The molecule has 0 bridgehead atoms. The zero-order valence-corrected chi connectivity index (χ0v) is 18.7. The minimum Gasteiger partial charge on any atom is -0.497 e. The number of aryl methyl sites for hydroxylation is 2. The van der Waals surface area contributed by atoms with Gasteiger partial charge in [0, 0.05) is 36.0 Å². The normalized spacial score (nSPS) is 14.3. The highest BCUT2D eigenvalue weighted by atomic mass is 16.5. The Morgan fingerprint density at radius 3 is 2.38 bits per heavy atom. The highest BCUT2D eigenvalue weighted by Gasteiger charge is 2.28. The van der Waals surface area contributed by atoms with E-state index in [0.29, 0.717) is 31.5 Å². The summed E-state index contributed by atoms with van der Waals surface area (Å²) in [6.45, 7) is 5.06. The van der Waals surface area contributed by atoms with Crippen molar-refractivity contribution in [3.05, 3.63) is 71.5 Å². The van der Waals surface area contributed by atoms with E-state index in [1.54, 1.807) is 36.3 Å². The van der Waals surface area contributed by atoms with Gasteiger partial charge in [0.15, 0.2) is 5.78 Å². The molecule has 1 aliphatic rings. The summed E-state index contributed by atoms with van der Waals surface area (Å²) in [5.41, 5.74) is 4.29. The third kappa shape index (κ3) is 4.66. The number of benzene rings is 2. The molecule has 0 atom stereocenters. The average molecular weight is 433 g/mol. The summed E-state index contributed by atoms with van der Waals surface area (Å²) in [6.07, 6.45) is 1.31. The number of amides is 2. The summed E-state index contributed by atoms with van der Waals surface area (Å²) in [4.78, 5) is 27.4. The molecular weight excluding hydrogens is 404 g/mol. The molecule has 7 heteroatoms. The number of ether oxygens (including phenoxy) is 1. The summed E-state index contributed by atoms with van der Waals surface area (Å²) in [5.74, 6) is 0.794. The number of carbonyl (C=O) groups is 2. The lowest BCUT2D eigenvalue weighted by molar-refractivity contribution is 0.0859. The first-order valence-corrected chi connectivity index (χ1v) is 10.8. The SMILES string of the molecule is COc1ccc(C(=O)C2CCN(C(=O)Nc3cccc(-n4nc(C)cc4C)c3)CC2)cc1. The smallest absolute Gasteiger partial charge is 0.321 e. The van der Waals surface area contributed by atoms with Crippen LogP contribution in [0.1, 0.15) is 34.6 Å². The molecule has 7 nitrogen and oxygen atoms in total. The fraction of sp³-hybridized carbons (Fsp3) is 0.320. The van der Waals surface area contributed by atoms with E-state index in [-0.39, 0.29) is 17.7 Å². The summed E-state index contributed by atoms with van der Waals surface area (Å²) in [6, 6.07) is 16.7. The Kier molecular flexibility index (Phi) is 6.25. The van der Waals surface area contributed by atoms with E-state index in [1.165, 1.54) is 0 Å². The van der Waals surface area contributed by atoms with Crippen molar-refractivity contribution < 1.29 is 14.3 Å². The fourth-order valence-electron chi connectivity index (χ4n) is 4.14. The first-order valence-electron chi connectivity index (χ1n) is 10.8. The maximum absolute atomic E-state index is 12.8. The van der Waals surface area contributed by atoms with E-state index in [0.717, 1.165) is 28.5 Å². The number of hydrogen-bond acceptors (Lipinski definition) is 4. The van der Waals surface area contributed by atoms with Crippen molar-refractivity contribution in [2.24, 2.45) is 5.92 Å². The molecule has 3 aromatic rings. The predicted octanol–water partition coefficient (Wildman–Crippen LogP) is 4.62. The number of rotatable bonds is 5. The maximum atomic E-state index is 12.8. The lowest BCUT2D eigenvalue weighted by Crippen LogP contribution is -2.42. The summed E-state index contributed by atoms with van der Waals surface area (Å²) in [5, 5.41) is 7.49. The van der Waals surface area contributed by atoms with Gasteiger partial charge in [0.2, 0.25) is 0 Å². The molecule has 4 rings (SSSR count). The second kappa shape index (κ2) is 9.26. The number of nitrogens with zero attached hydrogens (tertiary/aromatic N) is 3. The van der Waals surface area contributed by atoms with Crippen molar-refractivity contribution in [2.45, 2.75) is 26.7 Å². The monoisotopic (exact) mass is 432 g/mol. The Hall–Kier alpha value is -3.61. The number of urea groups is 1. The Balaban J connectivity index is 1.35. The third-order valence-corrected chi connectivity index (χ3v) is 5.88.